The Morgan fingerprint density at radius 2 is 1.77 bits per heavy atom. The molecular weight excluding hydrogens is 429 g/mol. The Hall–Kier alpha value is -3.11. The van der Waals surface area contributed by atoms with Crippen molar-refractivity contribution in [1.82, 2.24) is 15.6 Å². The first-order valence-electron chi connectivity index (χ1n) is 8.85. The summed E-state index contributed by atoms with van der Waals surface area (Å²) in [7, 11) is -3.93. The summed E-state index contributed by atoms with van der Waals surface area (Å²) < 4.78 is 39.3. The molecule has 0 saturated heterocycles. The maximum Gasteiger partial charge on any atom is 0.309 e. The topological polar surface area (TPSA) is 105 Å². The van der Waals surface area contributed by atoms with Crippen LogP contribution >= 0.6 is 11.3 Å². The van der Waals surface area contributed by atoms with Gasteiger partial charge in [-0.05, 0) is 47.3 Å². The molecule has 0 bridgehead atoms. The first kappa shape index (κ1) is 21.6. The minimum absolute atomic E-state index is 0.0717. The van der Waals surface area contributed by atoms with Crippen molar-refractivity contribution in [2.45, 2.75) is 16.7 Å². The average molecular weight is 448 g/mol. The number of carbonyl (C=O) groups is 2. The van der Waals surface area contributed by atoms with Crippen LogP contribution in [0.1, 0.15) is 15.7 Å². The van der Waals surface area contributed by atoms with Crippen LogP contribution < -0.4 is 10.6 Å². The Bertz CT molecular complexity index is 1100. The fourth-order valence-corrected chi connectivity index (χ4v) is 5.44. The highest BCUT2D eigenvalue weighted by Crippen LogP contribution is 2.31. The zero-order chi connectivity index (χ0) is 21.6. The van der Waals surface area contributed by atoms with Crippen molar-refractivity contribution in [3.8, 4) is 0 Å². The highest BCUT2D eigenvalue weighted by atomic mass is 32.2. The second-order valence-corrected chi connectivity index (χ2v) is 9.37. The van der Waals surface area contributed by atoms with Gasteiger partial charge in [0.15, 0.2) is 9.84 Å². The standard InChI is InChI=1S/C20H18FN3O4S2/c21-15-5-7-16(8-6-15)30(27,28)18(17-4-2-10-29-17)13-24-20(26)19(25)23-12-14-3-1-9-22-11-14/h1-11,18H,12-13H2,(H,23,25)(H,24,26)/t18-/m1/s1. The van der Waals surface area contributed by atoms with Gasteiger partial charge in [-0.3, -0.25) is 14.6 Å². The van der Waals surface area contributed by atoms with Crippen molar-refractivity contribution in [2.75, 3.05) is 6.54 Å². The largest absolute Gasteiger partial charge is 0.346 e. The van der Waals surface area contributed by atoms with Crippen molar-refractivity contribution in [3.63, 3.8) is 0 Å². The number of pyridine rings is 1. The zero-order valence-electron chi connectivity index (χ0n) is 15.6. The van der Waals surface area contributed by atoms with Crippen LogP contribution in [0, 0.1) is 5.82 Å². The van der Waals surface area contributed by atoms with Crippen LogP contribution in [0.2, 0.25) is 0 Å². The second-order valence-electron chi connectivity index (χ2n) is 6.26. The van der Waals surface area contributed by atoms with Crippen LogP contribution in [0.3, 0.4) is 0 Å². The van der Waals surface area contributed by atoms with Gasteiger partial charge in [-0.1, -0.05) is 12.1 Å². The molecule has 2 amide bonds. The molecule has 1 atom stereocenters. The number of benzene rings is 1. The number of rotatable bonds is 7. The van der Waals surface area contributed by atoms with E-state index in [1.54, 1.807) is 42.0 Å². The molecule has 0 aliphatic carbocycles. The Labute approximate surface area is 176 Å². The molecule has 0 aliphatic rings. The summed E-state index contributed by atoms with van der Waals surface area (Å²) >= 11 is 1.21. The minimum atomic E-state index is -3.93. The van der Waals surface area contributed by atoms with Gasteiger partial charge in [-0.2, -0.15) is 0 Å². The van der Waals surface area contributed by atoms with Crippen molar-refractivity contribution in [3.05, 3.63) is 82.6 Å². The lowest BCUT2D eigenvalue weighted by Crippen LogP contribution is -2.42. The molecule has 2 heterocycles. The van der Waals surface area contributed by atoms with Gasteiger partial charge in [0.05, 0.1) is 4.90 Å². The number of hydrogen-bond donors (Lipinski definition) is 2. The summed E-state index contributed by atoms with van der Waals surface area (Å²) in [6, 6.07) is 11.2. The van der Waals surface area contributed by atoms with E-state index < -0.39 is 32.7 Å². The van der Waals surface area contributed by atoms with Gasteiger partial charge in [-0.25, -0.2) is 12.8 Å². The maximum atomic E-state index is 13.2. The predicted molar refractivity (Wildman–Crippen MR) is 110 cm³/mol. The second kappa shape index (κ2) is 9.59. The maximum absolute atomic E-state index is 13.2. The number of hydrogen-bond acceptors (Lipinski definition) is 6. The lowest BCUT2D eigenvalue weighted by molar-refractivity contribution is -0.139. The van der Waals surface area contributed by atoms with E-state index in [1.807, 2.05) is 0 Å². The lowest BCUT2D eigenvalue weighted by atomic mass is 10.3. The molecule has 156 valence electrons. The Balaban J connectivity index is 1.69. The van der Waals surface area contributed by atoms with Crippen LogP contribution in [0.25, 0.3) is 0 Å². The van der Waals surface area contributed by atoms with E-state index in [1.165, 1.54) is 23.5 Å². The number of carbonyl (C=O) groups excluding carboxylic acids is 2. The summed E-state index contributed by atoms with van der Waals surface area (Å²) in [5.74, 6) is -2.39. The SMILES string of the molecule is O=C(NCc1cccnc1)C(=O)NC[C@H](c1cccs1)S(=O)(=O)c1ccc(F)cc1. The molecule has 0 saturated carbocycles. The van der Waals surface area contributed by atoms with Crippen LogP contribution in [0.5, 0.6) is 0 Å². The van der Waals surface area contributed by atoms with Crippen LogP contribution in [-0.2, 0) is 26.0 Å². The molecule has 0 unspecified atom stereocenters. The molecule has 10 heteroatoms. The highest BCUT2D eigenvalue weighted by molar-refractivity contribution is 7.91. The van der Waals surface area contributed by atoms with Crippen molar-refractivity contribution in [1.29, 1.82) is 0 Å². The third-order valence-electron chi connectivity index (χ3n) is 4.21. The Kier molecular flexibility index (Phi) is 6.91. The van der Waals surface area contributed by atoms with E-state index in [4.69, 9.17) is 0 Å². The highest BCUT2D eigenvalue weighted by Gasteiger charge is 2.31. The predicted octanol–water partition coefficient (Wildman–Crippen LogP) is 2.23. The van der Waals surface area contributed by atoms with Gasteiger partial charge in [0.2, 0.25) is 0 Å². The number of nitrogens with zero attached hydrogens (tertiary/aromatic N) is 1. The van der Waals surface area contributed by atoms with E-state index in [-0.39, 0.29) is 18.0 Å². The van der Waals surface area contributed by atoms with Gasteiger partial charge < -0.3 is 10.6 Å². The van der Waals surface area contributed by atoms with Crippen LogP contribution in [-0.4, -0.2) is 31.8 Å². The summed E-state index contributed by atoms with van der Waals surface area (Å²) in [5, 5.41) is 5.44. The van der Waals surface area contributed by atoms with Crippen LogP contribution in [0.4, 0.5) is 4.39 Å². The van der Waals surface area contributed by atoms with Gasteiger partial charge in [-0.15, -0.1) is 11.3 Å². The van der Waals surface area contributed by atoms with Gasteiger partial charge in [0.25, 0.3) is 0 Å². The molecule has 0 radical (unpaired) electrons. The number of amides is 2. The van der Waals surface area contributed by atoms with E-state index >= 15 is 0 Å². The molecule has 2 aromatic heterocycles. The zero-order valence-corrected chi connectivity index (χ0v) is 17.3. The quantitative estimate of drug-likeness (QED) is 0.427. The molecule has 0 fully saturated rings. The summed E-state index contributed by atoms with van der Waals surface area (Å²) in [4.78, 5) is 28.5. The normalized spacial score (nSPS) is 12.2. The van der Waals surface area contributed by atoms with E-state index in [2.05, 4.69) is 15.6 Å². The summed E-state index contributed by atoms with van der Waals surface area (Å²) in [6.45, 7) is -0.193. The van der Waals surface area contributed by atoms with Gasteiger partial charge >= 0.3 is 11.8 Å². The van der Waals surface area contributed by atoms with Crippen molar-refractivity contribution < 1.29 is 22.4 Å². The Morgan fingerprint density at radius 3 is 2.40 bits per heavy atom. The first-order valence-corrected chi connectivity index (χ1v) is 11.3. The number of nitrogens with one attached hydrogen (secondary N) is 2. The number of aromatic nitrogens is 1. The number of halogens is 1. The Morgan fingerprint density at radius 1 is 1.03 bits per heavy atom. The number of sulfone groups is 1. The fourth-order valence-electron chi connectivity index (χ4n) is 2.66. The average Bonchev–Trinajstić information content (AvgIpc) is 3.27. The van der Waals surface area contributed by atoms with E-state index in [0.717, 1.165) is 12.1 Å². The molecule has 30 heavy (non-hydrogen) atoms. The number of thiophene rings is 1. The monoisotopic (exact) mass is 447 g/mol. The lowest BCUT2D eigenvalue weighted by Gasteiger charge is -2.17. The van der Waals surface area contributed by atoms with E-state index in [0.29, 0.717) is 10.4 Å². The van der Waals surface area contributed by atoms with Crippen LogP contribution in [0.15, 0.2) is 71.2 Å². The third-order valence-corrected chi connectivity index (χ3v) is 7.44. The minimum Gasteiger partial charge on any atom is -0.346 e. The molecule has 0 aliphatic heterocycles. The fraction of sp³-hybridized carbons (Fsp3) is 0.150. The molecule has 7 nitrogen and oxygen atoms in total. The third kappa shape index (κ3) is 5.28. The van der Waals surface area contributed by atoms with Crippen molar-refractivity contribution >= 4 is 33.0 Å². The van der Waals surface area contributed by atoms with Gasteiger partial charge in [0.1, 0.15) is 11.1 Å². The summed E-state index contributed by atoms with van der Waals surface area (Å²) in [5.41, 5.74) is 0.717. The van der Waals surface area contributed by atoms with Gasteiger partial charge in [0, 0.05) is 30.4 Å². The smallest absolute Gasteiger partial charge is 0.309 e. The molecule has 0 spiro atoms. The molecule has 3 rings (SSSR count). The molecular formula is C20H18FN3O4S2. The molecule has 3 aromatic rings. The van der Waals surface area contributed by atoms with E-state index in [9.17, 15) is 22.4 Å². The molecule has 1 aromatic carbocycles. The first-order chi connectivity index (χ1) is 14.4. The summed E-state index contributed by atoms with van der Waals surface area (Å²) in [6.07, 6.45) is 3.14. The van der Waals surface area contributed by atoms with Crippen molar-refractivity contribution in [2.24, 2.45) is 0 Å². The molecule has 2 N–H and O–H groups in total.